The van der Waals surface area contributed by atoms with Crippen LogP contribution in [0, 0.1) is 5.92 Å². The van der Waals surface area contributed by atoms with Crippen LogP contribution < -0.4 is 0 Å². The Kier molecular flexibility index (Phi) is 2.84. The molecule has 0 aliphatic heterocycles. The van der Waals surface area contributed by atoms with E-state index in [4.69, 9.17) is 20.4 Å². The molecule has 66 valence electrons. The van der Waals surface area contributed by atoms with Crippen LogP contribution in [-0.4, -0.2) is 45.3 Å². The fourth-order valence-electron chi connectivity index (χ4n) is 1.46. The summed E-state index contributed by atoms with van der Waals surface area (Å²) in [5, 5.41) is 36.0. The monoisotopic (exact) mass is 162 g/mol. The maximum absolute atomic E-state index is 9.13. The third-order valence-corrected chi connectivity index (χ3v) is 2.20. The second kappa shape index (κ2) is 3.49. The van der Waals surface area contributed by atoms with Gasteiger partial charge in [-0.25, -0.2) is 0 Å². The highest BCUT2D eigenvalue weighted by Crippen LogP contribution is 2.24. The normalized spacial score (nSPS) is 45.8. The maximum atomic E-state index is 9.13. The molecule has 0 saturated heterocycles. The van der Waals surface area contributed by atoms with E-state index in [1.807, 2.05) is 0 Å². The maximum Gasteiger partial charge on any atom is 0.106 e. The standard InChI is InChI=1S/C7H14O4/c8-3-4-1-5(9)7(11)6(10)2-4/h4-11H,1-3H2/t4?,5-,6+,7?. The first-order chi connectivity index (χ1) is 5.15. The molecule has 0 heterocycles. The van der Waals surface area contributed by atoms with Crippen molar-refractivity contribution in [2.75, 3.05) is 6.61 Å². The summed E-state index contributed by atoms with van der Waals surface area (Å²) in [6.45, 7) is -0.0408. The Morgan fingerprint density at radius 1 is 1.00 bits per heavy atom. The van der Waals surface area contributed by atoms with E-state index in [1.165, 1.54) is 0 Å². The van der Waals surface area contributed by atoms with E-state index in [1.54, 1.807) is 0 Å². The van der Waals surface area contributed by atoms with E-state index >= 15 is 0 Å². The summed E-state index contributed by atoms with van der Waals surface area (Å²) in [6, 6.07) is 0. The summed E-state index contributed by atoms with van der Waals surface area (Å²) in [4.78, 5) is 0. The third-order valence-electron chi connectivity index (χ3n) is 2.20. The summed E-state index contributed by atoms with van der Waals surface area (Å²) in [5.41, 5.74) is 0. The molecule has 0 aromatic carbocycles. The Balaban J connectivity index is 2.47. The molecule has 0 spiro atoms. The Hall–Kier alpha value is -0.160. The van der Waals surface area contributed by atoms with E-state index in [-0.39, 0.29) is 12.5 Å². The lowest BCUT2D eigenvalue weighted by atomic mass is 9.84. The van der Waals surface area contributed by atoms with Crippen LogP contribution in [0.4, 0.5) is 0 Å². The summed E-state index contributed by atoms with van der Waals surface area (Å²) in [7, 11) is 0. The van der Waals surface area contributed by atoms with Gasteiger partial charge in [-0.05, 0) is 18.8 Å². The highest BCUT2D eigenvalue weighted by molar-refractivity contribution is 4.85. The second-order valence-electron chi connectivity index (χ2n) is 3.15. The molecule has 4 atom stereocenters. The minimum absolute atomic E-state index is 0.0408. The molecule has 4 nitrogen and oxygen atoms in total. The van der Waals surface area contributed by atoms with E-state index in [0.29, 0.717) is 12.8 Å². The van der Waals surface area contributed by atoms with Crippen molar-refractivity contribution in [1.82, 2.24) is 0 Å². The molecule has 0 aromatic heterocycles. The average Bonchev–Trinajstić information content (AvgIpc) is 1.99. The van der Waals surface area contributed by atoms with Crippen LogP contribution in [0.25, 0.3) is 0 Å². The van der Waals surface area contributed by atoms with Crippen molar-refractivity contribution in [3.8, 4) is 0 Å². The van der Waals surface area contributed by atoms with Crippen LogP contribution in [0.2, 0.25) is 0 Å². The zero-order chi connectivity index (χ0) is 8.43. The van der Waals surface area contributed by atoms with Crippen LogP contribution in [0.5, 0.6) is 0 Å². The lowest BCUT2D eigenvalue weighted by molar-refractivity contribution is -0.105. The van der Waals surface area contributed by atoms with Crippen molar-refractivity contribution < 1.29 is 20.4 Å². The molecule has 4 N–H and O–H groups in total. The molecular weight excluding hydrogens is 148 g/mol. The highest BCUT2D eigenvalue weighted by atomic mass is 16.4. The SMILES string of the molecule is OCC1C[C@@H](O)C(O)[C@@H](O)C1. The molecule has 1 aliphatic carbocycles. The number of hydrogen-bond acceptors (Lipinski definition) is 4. The molecule has 1 aliphatic rings. The second-order valence-corrected chi connectivity index (χ2v) is 3.15. The zero-order valence-electron chi connectivity index (χ0n) is 6.22. The number of aliphatic hydroxyl groups is 4. The van der Waals surface area contributed by atoms with Gasteiger partial charge in [0.25, 0.3) is 0 Å². The summed E-state index contributed by atoms with van der Waals surface area (Å²) in [5.74, 6) is -0.0802. The number of rotatable bonds is 1. The molecule has 11 heavy (non-hydrogen) atoms. The van der Waals surface area contributed by atoms with Gasteiger partial charge in [0.15, 0.2) is 0 Å². The van der Waals surface area contributed by atoms with Gasteiger partial charge in [-0.15, -0.1) is 0 Å². The molecular formula is C7H14O4. The smallest absolute Gasteiger partial charge is 0.106 e. The summed E-state index contributed by atoms with van der Waals surface area (Å²) >= 11 is 0. The topological polar surface area (TPSA) is 80.9 Å². The fourth-order valence-corrected chi connectivity index (χ4v) is 1.46. The van der Waals surface area contributed by atoms with Gasteiger partial charge < -0.3 is 20.4 Å². The van der Waals surface area contributed by atoms with E-state index in [9.17, 15) is 0 Å². The van der Waals surface area contributed by atoms with E-state index < -0.39 is 18.3 Å². The van der Waals surface area contributed by atoms with Crippen LogP contribution in [0.15, 0.2) is 0 Å². The molecule has 1 fully saturated rings. The quantitative estimate of drug-likeness (QED) is 0.377. The first-order valence-corrected chi connectivity index (χ1v) is 3.80. The highest BCUT2D eigenvalue weighted by Gasteiger charge is 2.33. The zero-order valence-corrected chi connectivity index (χ0v) is 6.22. The molecule has 1 saturated carbocycles. The number of aliphatic hydroxyl groups excluding tert-OH is 4. The van der Waals surface area contributed by atoms with Crippen LogP contribution in [0.1, 0.15) is 12.8 Å². The first-order valence-electron chi connectivity index (χ1n) is 3.80. The van der Waals surface area contributed by atoms with Crippen molar-refractivity contribution in [2.45, 2.75) is 31.2 Å². The molecule has 2 unspecified atom stereocenters. The van der Waals surface area contributed by atoms with Gasteiger partial charge in [0.2, 0.25) is 0 Å². The molecule has 0 radical (unpaired) electrons. The van der Waals surface area contributed by atoms with Crippen molar-refractivity contribution in [3.63, 3.8) is 0 Å². The van der Waals surface area contributed by atoms with Crippen molar-refractivity contribution in [2.24, 2.45) is 5.92 Å². The summed E-state index contributed by atoms with van der Waals surface area (Å²) in [6.07, 6.45) is -2.09. The Morgan fingerprint density at radius 3 is 1.82 bits per heavy atom. The number of hydrogen-bond donors (Lipinski definition) is 4. The van der Waals surface area contributed by atoms with Crippen LogP contribution >= 0.6 is 0 Å². The Labute approximate surface area is 65.1 Å². The minimum atomic E-state index is -1.04. The van der Waals surface area contributed by atoms with Crippen LogP contribution in [0.3, 0.4) is 0 Å². The average molecular weight is 162 g/mol. The van der Waals surface area contributed by atoms with Gasteiger partial charge >= 0.3 is 0 Å². The Bertz CT molecular complexity index is 116. The predicted octanol–water partition coefficient (Wildman–Crippen LogP) is -1.53. The minimum Gasteiger partial charge on any atom is -0.396 e. The van der Waals surface area contributed by atoms with Crippen molar-refractivity contribution >= 4 is 0 Å². The fraction of sp³-hybridized carbons (Fsp3) is 1.00. The van der Waals surface area contributed by atoms with Crippen molar-refractivity contribution in [3.05, 3.63) is 0 Å². The largest absolute Gasteiger partial charge is 0.396 e. The van der Waals surface area contributed by atoms with E-state index in [2.05, 4.69) is 0 Å². The first kappa shape index (κ1) is 8.93. The predicted molar refractivity (Wildman–Crippen MR) is 37.8 cm³/mol. The molecule has 0 bridgehead atoms. The molecule has 1 rings (SSSR count). The van der Waals surface area contributed by atoms with Gasteiger partial charge in [-0.1, -0.05) is 0 Å². The van der Waals surface area contributed by atoms with Gasteiger partial charge in [-0.3, -0.25) is 0 Å². The van der Waals surface area contributed by atoms with Crippen LogP contribution in [-0.2, 0) is 0 Å². The Morgan fingerprint density at radius 2 is 1.45 bits per heavy atom. The summed E-state index contributed by atoms with van der Waals surface area (Å²) < 4.78 is 0. The molecule has 4 heteroatoms. The van der Waals surface area contributed by atoms with Gasteiger partial charge in [-0.2, -0.15) is 0 Å². The van der Waals surface area contributed by atoms with Gasteiger partial charge in [0.05, 0.1) is 12.2 Å². The molecule has 0 amide bonds. The lowest BCUT2D eigenvalue weighted by Gasteiger charge is -2.32. The van der Waals surface area contributed by atoms with Gasteiger partial charge in [0.1, 0.15) is 6.10 Å². The third kappa shape index (κ3) is 1.90. The molecule has 0 aromatic rings. The van der Waals surface area contributed by atoms with E-state index in [0.717, 1.165) is 0 Å². The van der Waals surface area contributed by atoms with Gasteiger partial charge in [0, 0.05) is 6.61 Å². The lowest BCUT2D eigenvalue weighted by Crippen LogP contribution is -2.45. The van der Waals surface area contributed by atoms with Crippen molar-refractivity contribution in [1.29, 1.82) is 0 Å².